The van der Waals surface area contributed by atoms with Crippen molar-refractivity contribution in [2.75, 3.05) is 6.61 Å². The van der Waals surface area contributed by atoms with Crippen molar-refractivity contribution in [2.24, 2.45) is 0 Å². The molecule has 6 heteroatoms. The summed E-state index contributed by atoms with van der Waals surface area (Å²) >= 11 is 0. The second kappa shape index (κ2) is 8.09. The summed E-state index contributed by atoms with van der Waals surface area (Å²) in [6.45, 7) is 2.52. The van der Waals surface area contributed by atoms with E-state index in [0.29, 0.717) is 24.1 Å². The Morgan fingerprint density at radius 1 is 1.14 bits per heavy atom. The summed E-state index contributed by atoms with van der Waals surface area (Å²) < 4.78 is 3.87. The van der Waals surface area contributed by atoms with Crippen LogP contribution in [0.4, 0.5) is 0 Å². The molecule has 29 heavy (non-hydrogen) atoms. The van der Waals surface area contributed by atoms with Crippen LogP contribution < -0.4 is 21.9 Å². The molecule has 2 aromatic heterocycles. The molecule has 0 aliphatic heterocycles. The summed E-state index contributed by atoms with van der Waals surface area (Å²) in [6.07, 6.45) is 8.12. The van der Waals surface area contributed by atoms with Crippen molar-refractivity contribution < 1.29 is 5.11 Å². The molecular formula is C23H26N4O2. The number of aliphatic hydroxyl groups is 1. The van der Waals surface area contributed by atoms with Gasteiger partial charge in [-0.3, -0.25) is 10.2 Å². The Morgan fingerprint density at radius 3 is 2.55 bits per heavy atom. The Kier molecular flexibility index (Phi) is 5.36. The average molecular weight is 390 g/mol. The second-order valence-electron chi connectivity index (χ2n) is 7.59. The molecule has 3 N–H and O–H groups in total. The first-order valence-electron chi connectivity index (χ1n) is 9.97. The fourth-order valence-electron chi connectivity index (χ4n) is 3.99. The number of rotatable bonds is 6. The minimum absolute atomic E-state index is 0.139. The van der Waals surface area contributed by atoms with E-state index in [0.717, 1.165) is 29.1 Å². The summed E-state index contributed by atoms with van der Waals surface area (Å²) in [7, 11) is 0. The van der Waals surface area contributed by atoms with Gasteiger partial charge in [-0.25, -0.2) is 0 Å². The molecule has 1 atom stereocenters. The number of hydrogen-bond donors (Lipinski definition) is 3. The molecule has 6 nitrogen and oxygen atoms in total. The highest BCUT2D eigenvalue weighted by Gasteiger charge is 2.19. The molecule has 0 saturated carbocycles. The SMILES string of the molecule is Cc1ccc(Cn2c3c(n(C(CO)Cc4ccc[nH]c4=O)c2=N)=CCCC=3)cc1. The van der Waals surface area contributed by atoms with Gasteiger partial charge in [-0.15, -0.1) is 0 Å². The molecular weight excluding hydrogens is 364 g/mol. The Bertz CT molecular complexity index is 1250. The quantitative estimate of drug-likeness (QED) is 0.585. The lowest BCUT2D eigenvalue weighted by atomic mass is 10.1. The number of fused-ring (bicyclic) bond motifs is 1. The van der Waals surface area contributed by atoms with Gasteiger partial charge in [0.15, 0.2) is 0 Å². The van der Waals surface area contributed by atoms with Crippen LogP contribution in [-0.2, 0) is 13.0 Å². The molecule has 1 unspecified atom stereocenters. The highest BCUT2D eigenvalue weighted by atomic mass is 16.3. The maximum atomic E-state index is 12.1. The predicted octanol–water partition coefficient (Wildman–Crippen LogP) is 0.945. The lowest BCUT2D eigenvalue weighted by Gasteiger charge is -2.17. The van der Waals surface area contributed by atoms with Gasteiger partial charge in [0.25, 0.3) is 5.56 Å². The number of pyridine rings is 1. The van der Waals surface area contributed by atoms with Crippen LogP contribution in [0.1, 0.15) is 35.6 Å². The molecule has 2 heterocycles. The highest BCUT2D eigenvalue weighted by Crippen LogP contribution is 2.09. The topological polar surface area (TPSA) is 86.8 Å². The third kappa shape index (κ3) is 3.76. The molecule has 0 bridgehead atoms. The van der Waals surface area contributed by atoms with Crippen LogP contribution in [0.5, 0.6) is 0 Å². The van der Waals surface area contributed by atoms with Crippen LogP contribution in [0.3, 0.4) is 0 Å². The number of nitrogens with one attached hydrogen (secondary N) is 2. The van der Waals surface area contributed by atoms with Gasteiger partial charge in [-0.1, -0.05) is 48.0 Å². The van der Waals surface area contributed by atoms with Gasteiger partial charge < -0.3 is 19.2 Å². The Balaban J connectivity index is 1.81. The normalized spacial score (nSPS) is 14.0. The van der Waals surface area contributed by atoms with Crippen molar-refractivity contribution in [3.63, 3.8) is 0 Å². The van der Waals surface area contributed by atoms with E-state index in [1.54, 1.807) is 18.3 Å². The van der Waals surface area contributed by atoms with Gasteiger partial charge in [0.1, 0.15) is 0 Å². The Morgan fingerprint density at radius 2 is 1.86 bits per heavy atom. The predicted molar refractivity (Wildman–Crippen MR) is 113 cm³/mol. The number of aliphatic hydroxyl groups excluding tert-OH is 1. The number of H-pyrrole nitrogens is 1. The molecule has 4 rings (SSSR count). The number of hydrogen-bond acceptors (Lipinski definition) is 3. The van der Waals surface area contributed by atoms with Crippen LogP contribution in [0.15, 0.2) is 47.4 Å². The smallest absolute Gasteiger partial charge is 0.251 e. The van der Waals surface area contributed by atoms with Crippen LogP contribution >= 0.6 is 0 Å². The number of aromatic amines is 1. The number of aryl methyl sites for hydroxylation is 1. The van der Waals surface area contributed by atoms with Crippen LogP contribution in [-0.4, -0.2) is 25.8 Å². The summed E-state index contributed by atoms with van der Waals surface area (Å²) in [6, 6.07) is 11.5. The van der Waals surface area contributed by atoms with Crippen molar-refractivity contribution in [3.05, 3.63) is 86.0 Å². The van der Waals surface area contributed by atoms with Gasteiger partial charge in [0.2, 0.25) is 5.62 Å². The van der Waals surface area contributed by atoms with Crippen molar-refractivity contribution in [1.82, 2.24) is 14.1 Å². The lowest BCUT2D eigenvalue weighted by Crippen LogP contribution is -2.39. The van der Waals surface area contributed by atoms with Crippen LogP contribution in [0.2, 0.25) is 0 Å². The average Bonchev–Trinajstić information content (AvgIpc) is 3.01. The molecule has 1 aromatic carbocycles. The van der Waals surface area contributed by atoms with Crippen LogP contribution in [0, 0.1) is 12.3 Å². The first-order chi connectivity index (χ1) is 14.1. The Labute approximate surface area is 168 Å². The molecule has 150 valence electrons. The zero-order chi connectivity index (χ0) is 20.4. The van der Waals surface area contributed by atoms with Gasteiger partial charge in [-0.05, 0) is 31.4 Å². The molecule has 0 spiro atoms. The number of benzene rings is 1. The molecule has 0 saturated heterocycles. The van der Waals surface area contributed by atoms with Crippen molar-refractivity contribution in [2.45, 2.75) is 38.8 Å². The van der Waals surface area contributed by atoms with E-state index in [4.69, 9.17) is 5.41 Å². The van der Waals surface area contributed by atoms with E-state index in [2.05, 4.69) is 48.3 Å². The van der Waals surface area contributed by atoms with E-state index < -0.39 is 0 Å². The van der Waals surface area contributed by atoms with E-state index in [9.17, 15) is 9.90 Å². The van der Waals surface area contributed by atoms with E-state index in [1.807, 2.05) is 9.13 Å². The monoisotopic (exact) mass is 390 g/mol. The molecule has 0 radical (unpaired) electrons. The minimum atomic E-state index is -0.373. The molecule has 1 aliphatic carbocycles. The number of nitrogens with zero attached hydrogens (tertiary/aromatic N) is 2. The standard InChI is InChI=1S/C23H26N4O2/c1-16-8-10-17(11-9-16)14-26-20-6-2-3-7-21(20)27(23(26)24)19(15-28)13-18-5-4-12-25-22(18)29/h4-12,19,24,28H,2-3,13-15H2,1H3,(H,25,29). The lowest BCUT2D eigenvalue weighted by molar-refractivity contribution is 0.220. The summed E-state index contributed by atoms with van der Waals surface area (Å²) in [5.74, 6) is 0. The summed E-state index contributed by atoms with van der Waals surface area (Å²) in [4.78, 5) is 14.8. The largest absolute Gasteiger partial charge is 0.394 e. The molecule has 1 aliphatic rings. The van der Waals surface area contributed by atoms with Gasteiger partial charge >= 0.3 is 0 Å². The summed E-state index contributed by atoms with van der Waals surface area (Å²) in [5, 5.41) is 21.0. The van der Waals surface area contributed by atoms with Gasteiger partial charge in [0, 0.05) is 18.2 Å². The van der Waals surface area contributed by atoms with Crippen molar-refractivity contribution in [1.29, 1.82) is 5.41 Å². The van der Waals surface area contributed by atoms with E-state index >= 15 is 0 Å². The minimum Gasteiger partial charge on any atom is -0.394 e. The molecule has 0 fully saturated rings. The fourth-order valence-corrected chi connectivity index (χ4v) is 3.99. The maximum absolute atomic E-state index is 12.1. The second-order valence-corrected chi connectivity index (χ2v) is 7.59. The van der Waals surface area contributed by atoms with E-state index in [-0.39, 0.29) is 18.2 Å². The first kappa shape index (κ1) is 19.2. The number of imidazole rings is 1. The molecule has 3 aromatic rings. The third-order valence-electron chi connectivity index (χ3n) is 5.53. The number of aromatic nitrogens is 3. The van der Waals surface area contributed by atoms with Gasteiger partial charge in [0.05, 0.1) is 29.9 Å². The van der Waals surface area contributed by atoms with Crippen molar-refractivity contribution >= 4 is 12.2 Å². The fraction of sp³-hybridized carbons (Fsp3) is 0.304. The zero-order valence-electron chi connectivity index (χ0n) is 16.6. The van der Waals surface area contributed by atoms with E-state index in [1.165, 1.54) is 5.56 Å². The third-order valence-corrected chi connectivity index (χ3v) is 5.53. The van der Waals surface area contributed by atoms with Gasteiger partial charge in [-0.2, -0.15) is 0 Å². The Hall–Kier alpha value is -3.12. The maximum Gasteiger partial charge on any atom is 0.251 e. The van der Waals surface area contributed by atoms with Crippen molar-refractivity contribution in [3.8, 4) is 0 Å². The zero-order valence-corrected chi connectivity index (χ0v) is 16.6. The summed E-state index contributed by atoms with van der Waals surface area (Å²) in [5.41, 5.74) is 3.14. The highest BCUT2D eigenvalue weighted by molar-refractivity contribution is 5.34. The first-order valence-corrected chi connectivity index (χ1v) is 9.97. The molecule has 0 amide bonds. The van der Waals surface area contributed by atoms with Crippen LogP contribution in [0.25, 0.3) is 12.2 Å².